The minimum Gasteiger partial charge on any atom is -0.494 e. The van der Waals surface area contributed by atoms with Gasteiger partial charge in [0, 0.05) is 0 Å². The molecule has 0 unspecified atom stereocenters. The van der Waals surface area contributed by atoms with Crippen LogP contribution in [0.15, 0.2) is 36.4 Å². The van der Waals surface area contributed by atoms with Crippen LogP contribution in [0.5, 0.6) is 5.75 Å². The Bertz CT molecular complexity index is 656. The van der Waals surface area contributed by atoms with Crippen LogP contribution in [0.1, 0.15) is 39.2 Å². The van der Waals surface area contributed by atoms with Crippen molar-refractivity contribution < 1.29 is 9.53 Å². The average molecular weight is 331 g/mol. The zero-order chi connectivity index (χ0) is 17.1. The summed E-state index contributed by atoms with van der Waals surface area (Å²) in [5.41, 5.74) is 1.31. The lowest BCUT2D eigenvalue weighted by Crippen LogP contribution is -2.40. The lowest BCUT2D eigenvalue weighted by Gasteiger charge is -2.35. The summed E-state index contributed by atoms with van der Waals surface area (Å²) in [5.74, 6) is 0.944. The van der Waals surface area contributed by atoms with Gasteiger partial charge in [0.05, 0.1) is 6.61 Å². The second-order valence-electron chi connectivity index (χ2n) is 7.62. The Kier molecular flexibility index (Phi) is 5.53. The molecule has 3 heteroatoms. The summed E-state index contributed by atoms with van der Waals surface area (Å²) in [5, 5.41) is 2.42. The van der Waals surface area contributed by atoms with Crippen LogP contribution in [-0.4, -0.2) is 19.7 Å². The fourth-order valence-electron chi connectivity index (χ4n) is 2.60. The summed E-state index contributed by atoms with van der Waals surface area (Å²) in [6.07, 6.45) is 3.13. The van der Waals surface area contributed by atoms with Crippen molar-refractivity contribution in [1.82, 2.24) is 0 Å². The van der Waals surface area contributed by atoms with E-state index in [0.717, 1.165) is 31.6 Å². The Labute approximate surface area is 141 Å². The van der Waals surface area contributed by atoms with Crippen molar-refractivity contribution in [2.75, 3.05) is 6.61 Å². The van der Waals surface area contributed by atoms with Crippen molar-refractivity contribution in [3.8, 4) is 5.75 Å². The quantitative estimate of drug-likeness (QED) is 0.533. The smallest absolute Gasteiger partial charge is 0.188 e. The molecule has 2 aromatic carbocycles. The van der Waals surface area contributed by atoms with Gasteiger partial charge in [-0.25, -0.2) is 0 Å². The SMILES string of the molecule is CCCCOc1ccc2c(CC(C)(C)[Si](C)(C)O)cccc2c1. The van der Waals surface area contributed by atoms with Crippen molar-refractivity contribution in [3.05, 3.63) is 42.0 Å². The maximum absolute atomic E-state index is 10.6. The van der Waals surface area contributed by atoms with E-state index in [9.17, 15) is 4.80 Å². The van der Waals surface area contributed by atoms with Gasteiger partial charge in [-0.1, -0.05) is 51.5 Å². The highest BCUT2D eigenvalue weighted by molar-refractivity contribution is 6.72. The monoisotopic (exact) mass is 330 g/mol. The molecule has 0 saturated carbocycles. The van der Waals surface area contributed by atoms with E-state index in [1.807, 2.05) is 13.1 Å². The predicted molar refractivity (Wildman–Crippen MR) is 102 cm³/mol. The topological polar surface area (TPSA) is 29.5 Å². The molecule has 0 amide bonds. The Morgan fingerprint density at radius 2 is 1.87 bits per heavy atom. The summed E-state index contributed by atoms with van der Waals surface area (Å²) in [7, 11) is -2.21. The summed E-state index contributed by atoms with van der Waals surface area (Å²) in [4.78, 5) is 10.6. The minimum absolute atomic E-state index is 0.0580. The highest BCUT2D eigenvalue weighted by Gasteiger charge is 2.38. The number of rotatable bonds is 7. The molecular formula is C20H30O2Si. The lowest BCUT2D eigenvalue weighted by atomic mass is 9.96. The van der Waals surface area contributed by atoms with Crippen LogP contribution in [-0.2, 0) is 6.42 Å². The second-order valence-corrected chi connectivity index (χ2v) is 12.1. The van der Waals surface area contributed by atoms with Crippen molar-refractivity contribution >= 4 is 19.1 Å². The maximum Gasteiger partial charge on any atom is 0.188 e. The van der Waals surface area contributed by atoms with E-state index in [0.29, 0.717) is 0 Å². The summed E-state index contributed by atoms with van der Waals surface area (Å²) in [6, 6.07) is 12.8. The number of fused-ring (bicyclic) bond motifs is 1. The van der Waals surface area contributed by atoms with Gasteiger partial charge in [0.2, 0.25) is 0 Å². The zero-order valence-electron chi connectivity index (χ0n) is 15.1. The van der Waals surface area contributed by atoms with Gasteiger partial charge in [-0.2, -0.15) is 0 Å². The number of hydrogen-bond acceptors (Lipinski definition) is 2. The zero-order valence-corrected chi connectivity index (χ0v) is 16.1. The third-order valence-corrected chi connectivity index (χ3v) is 8.49. The van der Waals surface area contributed by atoms with Gasteiger partial charge in [-0.05, 0) is 59.4 Å². The molecule has 0 aliphatic heterocycles. The molecule has 0 heterocycles. The van der Waals surface area contributed by atoms with Crippen molar-refractivity contribution in [2.45, 2.75) is 58.2 Å². The molecule has 126 valence electrons. The van der Waals surface area contributed by atoms with Crippen molar-refractivity contribution in [1.29, 1.82) is 0 Å². The van der Waals surface area contributed by atoms with Crippen LogP contribution in [0.4, 0.5) is 0 Å². The Hall–Kier alpha value is -1.32. The molecule has 2 nitrogen and oxygen atoms in total. The van der Waals surface area contributed by atoms with Gasteiger partial charge < -0.3 is 9.53 Å². The van der Waals surface area contributed by atoms with Crippen LogP contribution >= 0.6 is 0 Å². The second kappa shape index (κ2) is 7.06. The fourth-order valence-corrected chi connectivity index (χ4v) is 3.22. The molecule has 0 aliphatic rings. The first-order valence-electron chi connectivity index (χ1n) is 8.61. The number of unbranched alkanes of at least 4 members (excludes halogenated alkanes) is 1. The molecular weight excluding hydrogens is 300 g/mol. The number of ether oxygens (including phenoxy) is 1. The van der Waals surface area contributed by atoms with E-state index in [1.165, 1.54) is 16.3 Å². The fraction of sp³-hybridized carbons (Fsp3) is 0.500. The Morgan fingerprint density at radius 1 is 1.13 bits per heavy atom. The summed E-state index contributed by atoms with van der Waals surface area (Å²) in [6.45, 7) is 11.4. The highest BCUT2D eigenvalue weighted by atomic mass is 28.4. The lowest BCUT2D eigenvalue weighted by molar-refractivity contribution is 0.310. The van der Waals surface area contributed by atoms with Gasteiger partial charge in [0.15, 0.2) is 8.32 Å². The molecule has 0 aromatic heterocycles. The normalized spacial score (nSPS) is 12.6. The Balaban J connectivity index is 2.29. The molecule has 0 fully saturated rings. The summed E-state index contributed by atoms with van der Waals surface area (Å²) < 4.78 is 5.82. The van der Waals surface area contributed by atoms with Crippen LogP contribution in [0.25, 0.3) is 10.8 Å². The van der Waals surface area contributed by atoms with Crippen LogP contribution in [0.3, 0.4) is 0 Å². The van der Waals surface area contributed by atoms with E-state index in [4.69, 9.17) is 4.74 Å². The molecule has 0 saturated heterocycles. The van der Waals surface area contributed by atoms with Crippen LogP contribution in [0.2, 0.25) is 18.1 Å². The van der Waals surface area contributed by atoms with Gasteiger partial charge in [-0.3, -0.25) is 0 Å². The van der Waals surface area contributed by atoms with Crippen molar-refractivity contribution in [2.24, 2.45) is 0 Å². The minimum atomic E-state index is -2.21. The Morgan fingerprint density at radius 3 is 2.52 bits per heavy atom. The average Bonchev–Trinajstić information content (AvgIpc) is 2.46. The largest absolute Gasteiger partial charge is 0.494 e. The molecule has 2 rings (SSSR count). The molecule has 0 bridgehead atoms. The number of hydrogen-bond donors (Lipinski definition) is 1. The number of benzene rings is 2. The van der Waals surface area contributed by atoms with E-state index >= 15 is 0 Å². The molecule has 23 heavy (non-hydrogen) atoms. The van der Waals surface area contributed by atoms with E-state index < -0.39 is 8.32 Å². The third kappa shape index (κ3) is 4.36. The maximum atomic E-state index is 10.6. The van der Waals surface area contributed by atoms with Gasteiger partial charge in [-0.15, -0.1) is 0 Å². The summed E-state index contributed by atoms with van der Waals surface area (Å²) >= 11 is 0. The van der Waals surface area contributed by atoms with Gasteiger partial charge in [0.1, 0.15) is 5.75 Å². The molecule has 0 radical (unpaired) electrons. The van der Waals surface area contributed by atoms with E-state index in [1.54, 1.807) is 0 Å². The highest BCUT2D eigenvalue weighted by Crippen LogP contribution is 2.40. The molecule has 2 aromatic rings. The first-order chi connectivity index (χ1) is 10.7. The first kappa shape index (κ1) is 18.0. The van der Waals surface area contributed by atoms with Gasteiger partial charge >= 0.3 is 0 Å². The van der Waals surface area contributed by atoms with E-state index in [2.05, 4.69) is 57.2 Å². The third-order valence-electron chi connectivity index (χ3n) is 5.00. The standard InChI is InChI=1S/C20H30O2Si/c1-6-7-13-22-18-11-12-19-16(14-18)9-8-10-17(19)15-20(2,3)23(4,5)21/h8-12,14,21H,6-7,13,15H2,1-5H3. The van der Waals surface area contributed by atoms with E-state index in [-0.39, 0.29) is 5.04 Å². The van der Waals surface area contributed by atoms with Crippen LogP contribution in [0, 0.1) is 0 Å². The molecule has 0 atom stereocenters. The predicted octanol–water partition coefficient (Wildman–Crippen LogP) is 5.54. The molecule has 1 N–H and O–H groups in total. The first-order valence-corrected chi connectivity index (χ1v) is 11.6. The van der Waals surface area contributed by atoms with Crippen molar-refractivity contribution in [3.63, 3.8) is 0 Å². The van der Waals surface area contributed by atoms with Crippen LogP contribution < -0.4 is 4.74 Å². The van der Waals surface area contributed by atoms with Gasteiger partial charge in [0.25, 0.3) is 0 Å². The molecule has 0 spiro atoms. The molecule has 0 aliphatic carbocycles.